The summed E-state index contributed by atoms with van der Waals surface area (Å²) in [6, 6.07) is 9.61. The number of unbranched alkanes of at least 4 members (excludes halogenated alkanes) is 6. The number of hydrogen-bond acceptors (Lipinski definition) is 1. The van der Waals surface area contributed by atoms with Gasteiger partial charge in [-0.15, -0.1) is 0 Å². The highest BCUT2D eigenvalue weighted by Gasteiger charge is 2.06. The van der Waals surface area contributed by atoms with Gasteiger partial charge < -0.3 is 5.32 Å². The zero-order valence-electron chi connectivity index (χ0n) is 14.5. The number of benzene rings is 1. The van der Waals surface area contributed by atoms with Gasteiger partial charge in [-0.1, -0.05) is 81.7 Å². The quantitative estimate of drug-likeness (QED) is 0.490. The summed E-state index contributed by atoms with van der Waals surface area (Å²) in [6.45, 7) is 4.46. The van der Waals surface area contributed by atoms with E-state index in [4.69, 9.17) is 0 Å². The highest BCUT2D eigenvalue weighted by atomic mass is 14.9. The largest absolute Gasteiger partial charge is 0.317 e. The summed E-state index contributed by atoms with van der Waals surface area (Å²) in [5.41, 5.74) is 2.86. The Hall–Kier alpha value is -0.820. The molecule has 0 amide bonds. The van der Waals surface area contributed by atoms with E-state index in [0.717, 1.165) is 0 Å². The average molecular weight is 290 g/mol. The molecule has 1 aromatic rings. The second-order valence-electron chi connectivity index (χ2n) is 6.42. The molecule has 0 aliphatic carbocycles. The van der Waals surface area contributed by atoms with Gasteiger partial charge in [0.15, 0.2) is 0 Å². The van der Waals surface area contributed by atoms with Crippen molar-refractivity contribution in [2.24, 2.45) is 0 Å². The van der Waals surface area contributed by atoms with Crippen molar-refractivity contribution in [1.29, 1.82) is 0 Å². The highest BCUT2D eigenvalue weighted by Crippen LogP contribution is 2.13. The van der Waals surface area contributed by atoms with Crippen molar-refractivity contribution in [3.8, 4) is 0 Å². The Kier molecular flexibility index (Phi) is 10.2. The molecule has 1 rings (SSSR count). The second kappa shape index (κ2) is 11.8. The van der Waals surface area contributed by atoms with Gasteiger partial charge in [0.1, 0.15) is 0 Å². The standard InChI is InChI=1S/C20H35N/c1-4-5-6-7-8-9-10-14-20(21-3)16-15-19-13-11-12-18(2)17-19/h11-13,17,20-21H,4-10,14-16H2,1-3H3. The van der Waals surface area contributed by atoms with Crippen molar-refractivity contribution in [2.75, 3.05) is 7.05 Å². The van der Waals surface area contributed by atoms with Crippen LogP contribution >= 0.6 is 0 Å². The zero-order valence-corrected chi connectivity index (χ0v) is 14.5. The van der Waals surface area contributed by atoms with Gasteiger partial charge in [0, 0.05) is 6.04 Å². The van der Waals surface area contributed by atoms with Crippen LogP contribution in [0, 0.1) is 6.92 Å². The molecule has 0 aromatic heterocycles. The van der Waals surface area contributed by atoms with E-state index in [0.29, 0.717) is 6.04 Å². The van der Waals surface area contributed by atoms with E-state index in [9.17, 15) is 0 Å². The minimum Gasteiger partial charge on any atom is -0.317 e. The summed E-state index contributed by atoms with van der Waals surface area (Å²) in [7, 11) is 2.11. The molecule has 0 saturated heterocycles. The van der Waals surface area contributed by atoms with Gasteiger partial charge in [-0.3, -0.25) is 0 Å². The van der Waals surface area contributed by atoms with Crippen LogP contribution in [0.5, 0.6) is 0 Å². The van der Waals surface area contributed by atoms with Crippen LogP contribution < -0.4 is 5.32 Å². The lowest BCUT2D eigenvalue weighted by Crippen LogP contribution is -2.25. The first-order valence-electron chi connectivity index (χ1n) is 8.99. The fraction of sp³-hybridized carbons (Fsp3) is 0.700. The Bertz CT molecular complexity index is 359. The fourth-order valence-corrected chi connectivity index (χ4v) is 2.99. The topological polar surface area (TPSA) is 12.0 Å². The molecular weight excluding hydrogens is 254 g/mol. The molecule has 0 bridgehead atoms. The van der Waals surface area contributed by atoms with Crippen LogP contribution in [0.15, 0.2) is 24.3 Å². The maximum atomic E-state index is 3.50. The number of rotatable bonds is 12. The van der Waals surface area contributed by atoms with Crippen molar-refractivity contribution in [3.63, 3.8) is 0 Å². The first-order chi connectivity index (χ1) is 10.3. The average Bonchev–Trinajstić information content (AvgIpc) is 2.49. The summed E-state index contributed by atoms with van der Waals surface area (Å²) in [5.74, 6) is 0. The van der Waals surface area contributed by atoms with Gasteiger partial charge in [0.25, 0.3) is 0 Å². The van der Waals surface area contributed by atoms with Crippen LogP contribution in [-0.2, 0) is 6.42 Å². The maximum Gasteiger partial charge on any atom is 0.00672 e. The highest BCUT2D eigenvalue weighted by molar-refractivity contribution is 5.22. The SMILES string of the molecule is CCCCCCCCCC(CCc1cccc(C)c1)NC. The Labute approximate surface area is 132 Å². The lowest BCUT2D eigenvalue weighted by atomic mass is 9.99. The van der Waals surface area contributed by atoms with Crippen molar-refractivity contribution < 1.29 is 0 Å². The van der Waals surface area contributed by atoms with Crippen molar-refractivity contribution >= 4 is 0 Å². The molecule has 1 aromatic carbocycles. The summed E-state index contributed by atoms with van der Waals surface area (Å²) < 4.78 is 0. The molecule has 1 unspecified atom stereocenters. The Morgan fingerprint density at radius 1 is 0.952 bits per heavy atom. The molecule has 0 spiro atoms. The van der Waals surface area contributed by atoms with Gasteiger partial charge in [-0.25, -0.2) is 0 Å². The van der Waals surface area contributed by atoms with E-state index in [2.05, 4.69) is 50.5 Å². The monoisotopic (exact) mass is 289 g/mol. The van der Waals surface area contributed by atoms with Crippen molar-refractivity contribution in [3.05, 3.63) is 35.4 Å². The zero-order chi connectivity index (χ0) is 15.3. The molecule has 1 heteroatoms. The molecule has 0 aliphatic rings. The minimum atomic E-state index is 0.682. The first-order valence-corrected chi connectivity index (χ1v) is 8.99. The molecular formula is C20H35N. The van der Waals surface area contributed by atoms with E-state index in [1.807, 2.05) is 0 Å². The Morgan fingerprint density at radius 2 is 1.67 bits per heavy atom. The molecule has 0 fully saturated rings. The maximum absolute atomic E-state index is 3.50. The first kappa shape index (κ1) is 18.2. The van der Waals surface area contributed by atoms with Crippen LogP contribution in [0.3, 0.4) is 0 Å². The van der Waals surface area contributed by atoms with E-state index in [1.54, 1.807) is 0 Å². The van der Waals surface area contributed by atoms with Crippen molar-refractivity contribution in [1.82, 2.24) is 5.32 Å². The van der Waals surface area contributed by atoms with E-state index in [-0.39, 0.29) is 0 Å². The third-order valence-electron chi connectivity index (χ3n) is 4.43. The lowest BCUT2D eigenvalue weighted by Gasteiger charge is -2.16. The second-order valence-corrected chi connectivity index (χ2v) is 6.42. The van der Waals surface area contributed by atoms with Crippen LogP contribution in [0.4, 0.5) is 0 Å². The van der Waals surface area contributed by atoms with Crippen LogP contribution in [0.2, 0.25) is 0 Å². The predicted octanol–water partition coefficient (Wildman–Crippen LogP) is 5.66. The molecule has 0 heterocycles. The number of hydrogen-bond donors (Lipinski definition) is 1. The number of aryl methyl sites for hydroxylation is 2. The predicted molar refractivity (Wildman–Crippen MR) is 95.0 cm³/mol. The smallest absolute Gasteiger partial charge is 0.00672 e. The molecule has 120 valence electrons. The third kappa shape index (κ3) is 8.93. The summed E-state index contributed by atoms with van der Waals surface area (Å²) >= 11 is 0. The normalized spacial score (nSPS) is 12.5. The third-order valence-corrected chi connectivity index (χ3v) is 4.43. The molecule has 21 heavy (non-hydrogen) atoms. The summed E-state index contributed by atoms with van der Waals surface area (Å²) in [5, 5.41) is 3.50. The van der Waals surface area contributed by atoms with Crippen LogP contribution in [0.1, 0.15) is 75.8 Å². The minimum absolute atomic E-state index is 0.682. The molecule has 0 saturated carbocycles. The van der Waals surface area contributed by atoms with Crippen LogP contribution in [0.25, 0.3) is 0 Å². The van der Waals surface area contributed by atoms with Gasteiger partial charge in [0.05, 0.1) is 0 Å². The van der Waals surface area contributed by atoms with Gasteiger partial charge in [-0.2, -0.15) is 0 Å². The molecule has 0 aliphatic heterocycles. The molecule has 1 N–H and O–H groups in total. The molecule has 0 radical (unpaired) electrons. The fourth-order valence-electron chi connectivity index (χ4n) is 2.99. The number of nitrogens with one attached hydrogen (secondary N) is 1. The van der Waals surface area contributed by atoms with Gasteiger partial charge in [-0.05, 0) is 38.8 Å². The van der Waals surface area contributed by atoms with Gasteiger partial charge in [0.2, 0.25) is 0 Å². The Balaban J connectivity index is 2.11. The molecule has 1 nitrogen and oxygen atoms in total. The summed E-state index contributed by atoms with van der Waals surface area (Å²) in [6.07, 6.45) is 13.6. The summed E-state index contributed by atoms with van der Waals surface area (Å²) in [4.78, 5) is 0. The van der Waals surface area contributed by atoms with E-state index >= 15 is 0 Å². The Morgan fingerprint density at radius 3 is 2.33 bits per heavy atom. The van der Waals surface area contributed by atoms with E-state index < -0.39 is 0 Å². The van der Waals surface area contributed by atoms with Gasteiger partial charge >= 0.3 is 0 Å². The lowest BCUT2D eigenvalue weighted by molar-refractivity contribution is 0.457. The van der Waals surface area contributed by atoms with Crippen LogP contribution in [-0.4, -0.2) is 13.1 Å². The van der Waals surface area contributed by atoms with E-state index in [1.165, 1.54) is 75.3 Å². The molecule has 1 atom stereocenters. The van der Waals surface area contributed by atoms with Crippen molar-refractivity contribution in [2.45, 2.75) is 84.1 Å².